The number of hydrogen-bond acceptors (Lipinski definition) is 4. The highest BCUT2D eigenvalue weighted by Crippen LogP contribution is 2.34. The molecule has 0 spiro atoms. The Balaban J connectivity index is 1.77. The van der Waals surface area contributed by atoms with E-state index in [1.165, 1.54) is 0 Å². The standard InChI is InChI=1S/C22H19NO4/c1-2-26-22(25)23-16-9-11-17-19(13-16)27-21-15(8-10-18(21)20(17)24)12-14-6-4-3-5-7-14/h3-7,9,11-13H,2,8,10H2,1H3,(H,23,25). The number of fused-ring (bicyclic) bond motifs is 2. The van der Waals surface area contributed by atoms with E-state index in [-0.39, 0.29) is 12.0 Å². The molecule has 136 valence electrons. The third-order valence-electron chi connectivity index (χ3n) is 4.58. The van der Waals surface area contributed by atoms with Crippen molar-refractivity contribution in [3.05, 3.63) is 75.6 Å². The van der Waals surface area contributed by atoms with Gasteiger partial charge >= 0.3 is 6.09 Å². The maximum atomic E-state index is 12.9. The predicted octanol–water partition coefficient (Wildman–Crippen LogP) is 4.85. The van der Waals surface area contributed by atoms with Crippen LogP contribution in [-0.4, -0.2) is 12.7 Å². The number of ether oxygens (including phenoxy) is 1. The number of allylic oxidation sites excluding steroid dienone is 1. The lowest BCUT2D eigenvalue weighted by Gasteiger charge is -2.08. The van der Waals surface area contributed by atoms with E-state index >= 15 is 0 Å². The van der Waals surface area contributed by atoms with Gasteiger partial charge in [-0.3, -0.25) is 10.1 Å². The minimum Gasteiger partial charge on any atom is -0.456 e. The van der Waals surface area contributed by atoms with Gasteiger partial charge < -0.3 is 9.15 Å². The van der Waals surface area contributed by atoms with E-state index in [9.17, 15) is 9.59 Å². The third-order valence-corrected chi connectivity index (χ3v) is 4.58. The minimum atomic E-state index is -0.537. The van der Waals surface area contributed by atoms with Crippen LogP contribution in [0.1, 0.15) is 30.2 Å². The van der Waals surface area contributed by atoms with Gasteiger partial charge in [0.05, 0.1) is 12.0 Å². The Kier molecular flexibility index (Phi) is 4.50. The molecule has 1 aliphatic carbocycles. The zero-order valence-corrected chi connectivity index (χ0v) is 15.0. The topological polar surface area (TPSA) is 68.5 Å². The summed E-state index contributed by atoms with van der Waals surface area (Å²) in [4.78, 5) is 24.5. The number of nitrogens with one attached hydrogen (secondary N) is 1. The highest BCUT2D eigenvalue weighted by Gasteiger charge is 2.24. The fourth-order valence-electron chi connectivity index (χ4n) is 3.34. The maximum absolute atomic E-state index is 12.9. The Morgan fingerprint density at radius 3 is 2.78 bits per heavy atom. The van der Waals surface area contributed by atoms with Crippen molar-refractivity contribution in [2.45, 2.75) is 19.8 Å². The molecular weight excluding hydrogens is 342 g/mol. The Morgan fingerprint density at radius 1 is 1.19 bits per heavy atom. The van der Waals surface area contributed by atoms with Crippen molar-refractivity contribution < 1.29 is 13.9 Å². The van der Waals surface area contributed by atoms with Gasteiger partial charge in [0.1, 0.15) is 11.3 Å². The summed E-state index contributed by atoms with van der Waals surface area (Å²) in [6.45, 7) is 2.03. The first kappa shape index (κ1) is 17.1. The highest BCUT2D eigenvalue weighted by molar-refractivity contribution is 5.91. The third kappa shape index (κ3) is 3.36. The lowest BCUT2D eigenvalue weighted by atomic mass is 10.1. The molecular formula is C22H19NO4. The number of carbonyl (C=O) groups is 1. The summed E-state index contributed by atoms with van der Waals surface area (Å²) in [6, 6.07) is 15.0. The molecule has 0 saturated carbocycles. The summed E-state index contributed by atoms with van der Waals surface area (Å²) < 4.78 is 11.0. The summed E-state index contributed by atoms with van der Waals surface area (Å²) in [5, 5.41) is 3.15. The molecule has 4 rings (SSSR count). The number of hydrogen-bond donors (Lipinski definition) is 1. The van der Waals surface area contributed by atoms with Gasteiger partial charge in [-0.2, -0.15) is 0 Å². The Labute approximate surface area is 156 Å². The molecule has 1 amide bonds. The molecule has 0 unspecified atom stereocenters. The number of rotatable bonds is 3. The molecule has 0 saturated heterocycles. The number of benzene rings is 2. The van der Waals surface area contributed by atoms with Gasteiger partial charge in [0.2, 0.25) is 0 Å². The van der Waals surface area contributed by atoms with Crippen LogP contribution in [0.4, 0.5) is 10.5 Å². The summed E-state index contributed by atoms with van der Waals surface area (Å²) in [5.41, 5.74) is 3.77. The average molecular weight is 361 g/mol. The lowest BCUT2D eigenvalue weighted by molar-refractivity contribution is 0.168. The summed E-state index contributed by atoms with van der Waals surface area (Å²) in [7, 11) is 0. The molecule has 1 N–H and O–H groups in total. The normalized spacial score (nSPS) is 14.3. The average Bonchev–Trinajstić information content (AvgIpc) is 3.06. The molecule has 0 radical (unpaired) electrons. The smallest absolute Gasteiger partial charge is 0.411 e. The maximum Gasteiger partial charge on any atom is 0.411 e. The zero-order chi connectivity index (χ0) is 18.8. The molecule has 5 heteroatoms. The van der Waals surface area contributed by atoms with E-state index in [1.54, 1.807) is 25.1 Å². The first-order chi connectivity index (χ1) is 13.2. The monoisotopic (exact) mass is 361 g/mol. The lowest BCUT2D eigenvalue weighted by Crippen LogP contribution is -2.13. The van der Waals surface area contributed by atoms with Gasteiger partial charge in [-0.25, -0.2) is 4.79 Å². The van der Waals surface area contributed by atoms with E-state index in [4.69, 9.17) is 9.15 Å². The van der Waals surface area contributed by atoms with Crippen LogP contribution in [-0.2, 0) is 11.2 Å². The van der Waals surface area contributed by atoms with E-state index in [1.807, 2.05) is 30.3 Å². The van der Waals surface area contributed by atoms with Gasteiger partial charge in [0.15, 0.2) is 5.43 Å². The Bertz CT molecular complexity index is 1100. The van der Waals surface area contributed by atoms with Crippen molar-refractivity contribution in [2.75, 3.05) is 11.9 Å². The molecule has 2 aromatic carbocycles. The summed E-state index contributed by atoms with van der Waals surface area (Å²) in [6.07, 6.45) is 2.97. The van der Waals surface area contributed by atoms with Gasteiger partial charge in [0.25, 0.3) is 0 Å². The van der Waals surface area contributed by atoms with E-state index in [0.717, 1.165) is 23.1 Å². The van der Waals surface area contributed by atoms with Crippen LogP contribution in [0.5, 0.6) is 0 Å². The molecule has 5 nitrogen and oxygen atoms in total. The van der Waals surface area contributed by atoms with Gasteiger partial charge in [0, 0.05) is 17.3 Å². The van der Waals surface area contributed by atoms with Crippen LogP contribution in [0.15, 0.2) is 57.7 Å². The zero-order valence-electron chi connectivity index (χ0n) is 15.0. The molecule has 0 fully saturated rings. The highest BCUT2D eigenvalue weighted by atomic mass is 16.5. The van der Waals surface area contributed by atoms with Gasteiger partial charge in [-0.1, -0.05) is 30.3 Å². The van der Waals surface area contributed by atoms with Crippen molar-refractivity contribution in [2.24, 2.45) is 0 Å². The second-order valence-electron chi connectivity index (χ2n) is 6.38. The Morgan fingerprint density at radius 2 is 2.00 bits per heavy atom. The Hall–Kier alpha value is -3.34. The van der Waals surface area contributed by atoms with Crippen molar-refractivity contribution >= 4 is 34.4 Å². The van der Waals surface area contributed by atoms with E-state index < -0.39 is 6.09 Å². The molecule has 1 aliphatic rings. The fraction of sp³-hybridized carbons (Fsp3) is 0.182. The second-order valence-corrected chi connectivity index (χ2v) is 6.38. The molecule has 0 aliphatic heterocycles. The molecule has 3 aromatic rings. The SMILES string of the molecule is CCOC(=O)Nc1ccc2c(=O)c3c(oc2c1)C(=Cc1ccccc1)CC3. The van der Waals surface area contributed by atoms with Gasteiger partial charge in [-0.05, 0) is 49.1 Å². The largest absolute Gasteiger partial charge is 0.456 e. The second kappa shape index (κ2) is 7.11. The first-order valence-electron chi connectivity index (χ1n) is 8.95. The summed E-state index contributed by atoms with van der Waals surface area (Å²) in [5.74, 6) is 0.643. The molecule has 0 atom stereocenters. The van der Waals surface area contributed by atoms with E-state index in [0.29, 0.717) is 28.8 Å². The summed E-state index contributed by atoms with van der Waals surface area (Å²) >= 11 is 0. The predicted molar refractivity (Wildman–Crippen MR) is 106 cm³/mol. The fourth-order valence-corrected chi connectivity index (χ4v) is 3.34. The molecule has 0 bridgehead atoms. The van der Waals surface area contributed by atoms with E-state index in [2.05, 4.69) is 11.4 Å². The van der Waals surface area contributed by atoms with Crippen LogP contribution in [0.3, 0.4) is 0 Å². The van der Waals surface area contributed by atoms with Crippen LogP contribution in [0.25, 0.3) is 22.6 Å². The quantitative estimate of drug-likeness (QED) is 0.724. The molecule has 1 heterocycles. The molecule has 27 heavy (non-hydrogen) atoms. The van der Waals surface area contributed by atoms with Crippen molar-refractivity contribution in [1.29, 1.82) is 0 Å². The van der Waals surface area contributed by atoms with Crippen LogP contribution >= 0.6 is 0 Å². The van der Waals surface area contributed by atoms with Crippen LogP contribution in [0.2, 0.25) is 0 Å². The minimum absolute atomic E-state index is 0.00889. The van der Waals surface area contributed by atoms with Crippen LogP contribution in [0, 0.1) is 0 Å². The first-order valence-corrected chi connectivity index (χ1v) is 8.95. The van der Waals surface area contributed by atoms with Crippen molar-refractivity contribution in [1.82, 2.24) is 0 Å². The van der Waals surface area contributed by atoms with Crippen molar-refractivity contribution in [3.63, 3.8) is 0 Å². The van der Waals surface area contributed by atoms with Crippen molar-refractivity contribution in [3.8, 4) is 0 Å². The number of amides is 1. The van der Waals surface area contributed by atoms with Crippen LogP contribution < -0.4 is 10.7 Å². The number of anilines is 1. The number of carbonyl (C=O) groups excluding carboxylic acids is 1. The molecule has 1 aromatic heterocycles. The van der Waals surface area contributed by atoms with Gasteiger partial charge in [-0.15, -0.1) is 0 Å².